The van der Waals surface area contributed by atoms with E-state index in [2.05, 4.69) is 5.32 Å². The zero-order chi connectivity index (χ0) is 10.7. The van der Waals surface area contributed by atoms with Crippen LogP contribution in [0.15, 0.2) is 0 Å². The number of carbonyl (C=O) groups is 1. The first-order chi connectivity index (χ1) is 6.54. The number of nitrogens with one attached hydrogen (secondary N) is 1. The maximum Gasteiger partial charge on any atom is 0.266 e. The Morgan fingerprint density at radius 2 is 2.29 bits per heavy atom. The van der Waals surface area contributed by atoms with Gasteiger partial charge in [0.2, 0.25) is 5.91 Å². The molecule has 0 spiro atoms. The van der Waals surface area contributed by atoms with E-state index in [1.165, 1.54) is 14.0 Å². The summed E-state index contributed by atoms with van der Waals surface area (Å²) >= 11 is 0. The molecule has 14 heavy (non-hydrogen) atoms. The van der Waals surface area contributed by atoms with Crippen molar-refractivity contribution in [2.75, 3.05) is 7.11 Å². The minimum Gasteiger partial charge on any atom is -0.356 e. The molecule has 1 N–H and O–H groups in total. The van der Waals surface area contributed by atoms with Gasteiger partial charge in [0.05, 0.1) is 6.04 Å². The van der Waals surface area contributed by atoms with E-state index < -0.39 is 24.9 Å². The molecule has 1 heterocycles. The van der Waals surface area contributed by atoms with E-state index in [4.69, 9.17) is 9.47 Å². The van der Waals surface area contributed by atoms with Crippen LogP contribution in [0.5, 0.6) is 0 Å². The Morgan fingerprint density at radius 3 is 2.71 bits per heavy atom. The van der Waals surface area contributed by atoms with Crippen molar-refractivity contribution in [1.29, 1.82) is 0 Å². The van der Waals surface area contributed by atoms with E-state index in [0.717, 1.165) is 0 Å². The van der Waals surface area contributed by atoms with Crippen LogP contribution in [-0.2, 0) is 14.3 Å². The number of methoxy groups -OCH3 is 1. The molecule has 3 unspecified atom stereocenters. The fourth-order valence-electron chi connectivity index (χ4n) is 1.46. The Labute approximate surface area is 80.6 Å². The molecule has 0 aliphatic carbocycles. The molecule has 3 atom stereocenters. The normalized spacial score (nSPS) is 32.2. The van der Waals surface area contributed by atoms with Crippen molar-refractivity contribution in [3.63, 3.8) is 0 Å². The molecular weight excluding hydrogens is 196 g/mol. The van der Waals surface area contributed by atoms with Crippen molar-refractivity contribution in [2.24, 2.45) is 0 Å². The van der Waals surface area contributed by atoms with Gasteiger partial charge in [0.1, 0.15) is 6.10 Å². The maximum absolute atomic E-state index is 12.4. The Morgan fingerprint density at radius 1 is 1.64 bits per heavy atom. The highest BCUT2D eigenvalue weighted by Crippen LogP contribution is 2.25. The average molecular weight is 209 g/mol. The summed E-state index contributed by atoms with van der Waals surface area (Å²) in [6.45, 7) is 1.28. The van der Waals surface area contributed by atoms with Gasteiger partial charge in [0.15, 0.2) is 6.29 Å². The SMILES string of the molecule is COC1CC(NC(C)=O)C(C(F)F)O1. The zero-order valence-electron chi connectivity index (χ0n) is 8.00. The van der Waals surface area contributed by atoms with E-state index in [-0.39, 0.29) is 12.3 Å². The lowest BCUT2D eigenvalue weighted by Gasteiger charge is -2.17. The molecule has 82 valence electrons. The highest BCUT2D eigenvalue weighted by atomic mass is 19.3. The summed E-state index contributed by atoms with van der Waals surface area (Å²) in [5.41, 5.74) is 0. The van der Waals surface area contributed by atoms with E-state index in [1.807, 2.05) is 0 Å². The molecule has 0 saturated carbocycles. The fraction of sp³-hybridized carbons (Fsp3) is 0.875. The largest absolute Gasteiger partial charge is 0.356 e. The Hall–Kier alpha value is -0.750. The number of hydrogen-bond donors (Lipinski definition) is 1. The number of halogens is 2. The van der Waals surface area contributed by atoms with Crippen molar-refractivity contribution in [3.05, 3.63) is 0 Å². The summed E-state index contributed by atoms with van der Waals surface area (Å²) < 4.78 is 34.5. The van der Waals surface area contributed by atoms with Crippen molar-refractivity contribution in [2.45, 2.75) is 38.2 Å². The van der Waals surface area contributed by atoms with Crippen molar-refractivity contribution in [1.82, 2.24) is 5.32 Å². The number of amides is 1. The van der Waals surface area contributed by atoms with E-state index >= 15 is 0 Å². The van der Waals surface area contributed by atoms with Gasteiger partial charge in [-0.1, -0.05) is 0 Å². The summed E-state index contributed by atoms with van der Waals surface area (Å²) in [7, 11) is 1.38. The quantitative estimate of drug-likeness (QED) is 0.737. The Bertz CT molecular complexity index is 213. The van der Waals surface area contributed by atoms with Gasteiger partial charge in [0.25, 0.3) is 6.43 Å². The molecule has 0 bridgehead atoms. The van der Waals surface area contributed by atoms with Gasteiger partial charge < -0.3 is 14.8 Å². The molecule has 1 amide bonds. The average Bonchev–Trinajstić information content (AvgIpc) is 2.46. The molecule has 1 rings (SSSR count). The van der Waals surface area contributed by atoms with E-state index in [0.29, 0.717) is 0 Å². The first-order valence-corrected chi connectivity index (χ1v) is 4.28. The summed E-state index contributed by atoms with van der Waals surface area (Å²) in [6.07, 6.45) is -4.30. The van der Waals surface area contributed by atoms with Gasteiger partial charge in [-0.2, -0.15) is 0 Å². The minimum absolute atomic E-state index is 0.255. The maximum atomic E-state index is 12.4. The van der Waals surface area contributed by atoms with Crippen LogP contribution in [-0.4, -0.2) is 37.9 Å². The van der Waals surface area contributed by atoms with Crippen molar-refractivity contribution in [3.8, 4) is 0 Å². The molecule has 1 aliphatic heterocycles. The van der Waals surface area contributed by atoms with E-state index in [1.54, 1.807) is 0 Å². The number of hydrogen-bond acceptors (Lipinski definition) is 3. The van der Waals surface area contributed by atoms with Gasteiger partial charge in [-0.3, -0.25) is 4.79 Å². The minimum atomic E-state index is -2.62. The molecule has 1 saturated heterocycles. The van der Waals surface area contributed by atoms with Crippen LogP contribution >= 0.6 is 0 Å². The van der Waals surface area contributed by atoms with Crippen LogP contribution in [0.3, 0.4) is 0 Å². The van der Waals surface area contributed by atoms with Gasteiger partial charge in [-0.15, -0.1) is 0 Å². The fourth-order valence-corrected chi connectivity index (χ4v) is 1.46. The lowest BCUT2D eigenvalue weighted by Crippen LogP contribution is -2.42. The summed E-state index contributed by atoms with van der Waals surface area (Å²) in [5.74, 6) is -0.346. The number of alkyl halides is 2. The molecule has 1 fully saturated rings. The summed E-state index contributed by atoms with van der Waals surface area (Å²) in [6, 6.07) is -0.669. The number of carbonyl (C=O) groups excluding carboxylic acids is 1. The molecule has 0 aromatic carbocycles. The van der Waals surface area contributed by atoms with Crippen LogP contribution in [0.25, 0.3) is 0 Å². The van der Waals surface area contributed by atoms with E-state index in [9.17, 15) is 13.6 Å². The third-order valence-electron chi connectivity index (χ3n) is 2.05. The second-order valence-electron chi connectivity index (χ2n) is 3.14. The summed E-state index contributed by atoms with van der Waals surface area (Å²) in [5, 5.41) is 2.41. The van der Waals surface area contributed by atoms with Gasteiger partial charge >= 0.3 is 0 Å². The molecule has 4 nitrogen and oxygen atoms in total. The third kappa shape index (κ3) is 2.62. The summed E-state index contributed by atoms with van der Waals surface area (Å²) in [4.78, 5) is 10.7. The van der Waals surface area contributed by atoms with Crippen molar-refractivity contribution < 1.29 is 23.0 Å². The first kappa shape index (κ1) is 11.3. The molecule has 0 aromatic rings. The van der Waals surface area contributed by atoms with Crippen LogP contribution in [0, 0.1) is 0 Å². The topological polar surface area (TPSA) is 47.6 Å². The van der Waals surface area contributed by atoms with Crippen molar-refractivity contribution >= 4 is 5.91 Å². The highest BCUT2D eigenvalue weighted by Gasteiger charge is 2.41. The van der Waals surface area contributed by atoms with Crippen LogP contribution in [0.1, 0.15) is 13.3 Å². The Kier molecular flexibility index (Phi) is 3.77. The number of ether oxygens (including phenoxy) is 2. The van der Waals surface area contributed by atoms with Crippen LogP contribution in [0.2, 0.25) is 0 Å². The molecule has 0 radical (unpaired) electrons. The second kappa shape index (κ2) is 4.65. The number of rotatable bonds is 3. The van der Waals surface area contributed by atoms with Gasteiger partial charge in [0, 0.05) is 20.5 Å². The van der Waals surface area contributed by atoms with Gasteiger partial charge in [-0.25, -0.2) is 8.78 Å². The lowest BCUT2D eigenvalue weighted by molar-refractivity contribution is -0.147. The zero-order valence-corrected chi connectivity index (χ0v) is 8.00. The highest BCUT2D eigenvalue weighted by molar-refractivity contribution is 5.73. The van der Waals surface area contributed by atoms with Crippen LogP contribution < -0.4 is 5.32 Å². The predicted molar refractivity (Wildman–Crippen MR) is 43.9 cm³/mol. The molecular formula is C8H13F2NO3. The third-order valence-corrected chi connectivity index (χ3v) is 2.05. The molecule has 1 aliphatic rings. The monoisotopic (exact) mass is 209 g/mol. The van der Waals surface area contributed by atoms with Gasteiger partial charge in [-0.05, 0) is 0 Å². The molecule has 0 aromatic heterocycles. The Balaban J connectivity index is 2.57. The predicted octanol–water partition coefficient (Wildman–Crippen LogP) is 0.518. The smallest absolute Gasteiger partial charge is 0.266 e. The van der Waals surface area contributed by atoms with Crippen LogP contribution in [0.4, 0.5) is 8.78 Å². The standard InChI is InChI=1S/C8H13F2NO3/c1-4(12)11-5-3-6(13-2)14-7(5)8(9)10/h5-8H,3H2,1-2H3,(H,11,12). The second-order valence-corrected chi connectivity index (χ2v) is 3.14. The lowest BCUT2D eigenvalue weighted by atomic mass is 10.1. The first-order valence-electron chi connectivity index (χ1n) is 4.28. The molecule has 6 heteroatoms.